The molecule has 0 fully saturated rings. The number of ether oxygens (including phenoxy) is 1. The van der Waals surface area contributed by atoms with E-state index >= 15 is 0 Å². The lowest BCUT2D eigenvalue weighted by atomic mass is 10.2. The van der Waals surface area contributed by atoms with Gasteiger partial charge in [0, 0.05) is 5.69 Å². The number of nitriles is 1. The Morgan fingerprint density at radius 1 is 1.39 bits per heavy atom. The fourth-order valence-electron chi connectivity index (χ4n) is 1.42. The molecule has 0 spiro atoms. The monoisotopic (exact) mass is 349 g/mol. The quantitative estimate of drug-likeness (QED) is 0.483. The first-order valence-electron chi connectivity index (χ1n) is 6.22. The van der Waals surface area contributed by atoms with Gasteiger partial charge in [-0.05, 0) is 18.2 Å². The van der Waals surface area contributed by atoms with Gasteiger partial charge in [0.15, 0.2) is 4.34 Å². The van der Waals surface area contributed by atoms with Crippen LogP contribution in [0.1, 0.15) is 5.56 Å². The van der Waals surface area contributed by atoms with Crippen molar-refractivity contribution in [3.05, 3.63) is 29.8 Å². The molecule has 0 saturated carbocycles. The van der Waals surface area contributed by atoms with Crippen molar-refractivity contribution in [2.24, 2.45) is 0 Å². The van der Waals surface area contributed by atoms with Crippen LogP contribution >= 0.6 is 23.1 Å². The van der Waals surface area contributed by atoms with E-state index in [1.807, 2.05) is 6.07 Å². The molecule has 0 radical (unpaired) electrons. The number of esters is 1. The fraction of sp³-hybridized carbons (Fsp3) is 0.154. The molecule has 0 aliphatic carbocycles. The minimum atomic E-state index is -0.499. The number of amides is 2. The summed E-state index contributed by atoms with van der Waals surface area (Å²) in [7, 11) is 1.31. The van der Waals surface area contributed by atoms with Gasteiger partial charge in [-0.15, -0.1) is 10.2 Å². The first-order chi connectivity index (χ1) is 11.1. The van der Waals surface area contributed by atoms with Crippen molar-refractivity contribution in [3.63, 3.8) is 0 Å². The molecule has 0 bridgehead atoms. The van der Waals surface area contributed by atoms with Crippen LogP contribution in [0.25, 0.3) is 0 Å². The van der Waals surface area contributed by atoms with Crippen LogP contribution in [0.2, 0.25) is 0 Å². The number of benzene rings is 1. The molecule has 0 unspecified atom stereocenters. The molecule has 0 aliphatic rings. The van der Waals surface area contributed by atoms with Gasteiger partial charge in [-0.3, -0.25) is 10.1 Å². The van der Waals surface area contributed by atoms with Crippen LogP contribution in [0.3, 0.4) is 0 Å². The Kier molecular flexibility index (Phi) is 5.90. The van der Waals surface area contributed by atoms with Crippen molar-refractivity contribution in [3.8, 4) is 6.07 Å². The Balaban J connectivity index is 1.89. The maximum absolute atomic E-state index is 11.9. The van der Waals surface area contributed by atoms with Crippen molar-refractivity contribution in [1.29, 1.82) is 5.26 Å². The third-order valence-electron chi connectivity index (χ3n) is 2.42. The van der Waals surface area contributed by atoms with Crippen LogP contribution in [-0.4, -0.2) is 35.1 Å². The molecule has 2 aromatic rings. The number of nitrogens with one attached hydrogen (secondary N) is 2. The van der Waals surface area contributed by atoms with Crippen LogP contribution in [0.15, 0.2) is 28.6 Å². The maximum atomic E-state index is 11.9. The van der Waals surface area contributed by atoms with Crippen LogP contribution in [0, 0.1) is 11.3 Å². The highest BCUT2D eigenvalue weighted by atomic mass is 32.2. The van der Waals surface area contributed by atoms with Gasteiger partial charge in [-0.2, -0.15) is 5.26 Å². The zero-order valence-electron chi connectivity index (χ0n) is 11.9. The minimum Gasteiger partial charge on any atom is -0.468 e. The Morgan fingerprint density at radius 3 is 2.96 bits per heavy atom. The Labute approximate surface area is 139 Å². The number of anilines is 2. The summed E-state index contributed by atoms with van der Waals surface area (Å²) in [6.45, 7) is 0. The summed E-state index contributed by atoms with van der Waals surface area (Å²) in [5.74, 6) is -0.243. The average Bonchev–Trinajstić information content (AvgIpc) is 2.99. The van der Waals surface area contributed by atoms with Crippen molar-refractivity contribution < 1.29 is 14.3 Å². The highest BCUT2D eigenvalue weighted by molar-refractivity contribution is 8.01. The normalized spacial score (nSPS) is 9.74. The number of aromatic nitrogens is 2. The topological polar surface area (TPSA) is 117 Å². The lowest BCUT2D eigenvalue weighted by Crippen LogP contribution is -2.19. The molecule has 8 nitrogen and oxygen atoms in total. The molecular formula is C13H11N5O3S2. The van der Waals surface area contributed by atoms with E-state index in [9.17, 15) is 9.59 Å². The van der Waals surface area contributed by atoms with Crippen molar-refractivity contribution in [1.82, 2.24) is 10.2 Å². The van der Waals surface area contributed by atoms with Gasteiger partial charge >= 0.3 is 12.0 Å². The first-order valence-corrected chi connectivity index (χ1v) is 8.02. The summed E-state index contributed by atoms with van der Waals surface area (Å²) < 4.78 is 5.06. The second-order valence-electron chi connectivity index (χ2n) is 4.01. The largest absolute Gasteiger partial charge is 0.468 e. The van der Waals surface area contributed by atoms with E-state index in [2.05, 4.69) is 25.6 Å². The standard InChI is InChI=1S/C13H11N5O3S2/c1-21-10(19)7-22-13-18-17-12(23-13)16-11(20)15-9-4-2-3-8(5-9)6-14/h2-5H,7H2,1H3,(H2,15,16,17,20). The number of hydrogen-bond donors (Lipinski definition) is 2. The highest BCUT2D eigenvalue weighted by Crippen LogP contribution is 2.25. The number of carbonyl (C=O) groups is 2. The summed E-state index contributed by atoms with van der Waals surface area (Å²) in [5.41, 5.74) is 0.937. The predicted molar refractivity (Wildman–Crippen MR) is 86.4 cm³/mol. The van der Waals surface area contributed by atoms with Gasteiger partial charge < -0.3 is 10.1 Å². The maximum Gasteiger partial charge on any atom is 0.325 e. The van der Waals surface area contributed by atoms with Crippen molar-refractivity contribution in [2.75, 3.05) is 23.5 Å². The molecule has 2 amide bonds. The molecule has 2 N–H and O–H groups in total. The summed E-state index contributed by atoms with van der Waals surface area (Å²) in [6, 6.07) is 8.01. The van der Waals surface area contributed by atoms with E-state index in [0.717, 1.165) is 11.3 Å². The van der Waals surface area contributed by atoms with Crippen LogP contribution in [0.4, 0.5) is 15.6 Å². The first kappa shape index (κ1) is 16.7. The second-order valence-corrected chi connectivity index (χ2v) is 6.21. The smallest absolute Gasteiger partial charge is 0.325 e. The van der Waals surface area contributed by atoms with E-state index in [0.29, 0.717) is 20.7 Å². The number of carbonyl (C=O) groups excluding carboxylic acids is 2. The number of urea groups is 1. The molecule has 118 valence electrons. The molecule has 1 aromatic heterocycles. The number of methoxy groups -OCH3 is 1. The molecule has 10 heteroatoms. The molecule has 1 heterocycles. The summed E-state index contributed by atoms with van der Waals surface area (Å²) in [5, 5.41) is 21.9. The third-order valence-corrected chi connectivity index (χ3v) is 4.36. The second kappa shape index (κ2) is 8.11. The predicted octanol–water partition coefficient (Wildman–Crippen LogP) is 2.32. The Morgan fingerprint density at radius 2 is 2.22 bits per heavy atom. The Hall–Kier alpha value is -2.64. The van der Waals surface area contributed by atoms with E-state index in [1.54, 1.807) is 24.3 Å². The summed E-state index contributed by atoms with van der Waals surface area (Å²) in [6.07, 6.45) is 0. The SMILES string of the molecule is COC(=O)CSc1nnc(NC(=O)Nc2cccc(C#N)c2)s1. The average molecular weight is 349 g/mol. The number of hydrogen-bond acceptors (Lipinski definition) is 8. The van der Waals surface area contributed by atoms with Crippen molar-refractivity contribution >= 4 is 45.9 Å². The van der Waals surface area contributed by atoms with Gasteiger partial charge in [-0.25, -0.2) is 4.79 Å². The molecule has 2 rings (SSSR count). The van der Waals surface area contributed by atoms with Gasteiger partial charge in [-0.1, -0.05) is 29.2 Å². The molecule has 0 saturated heterocycles. The van der Waals surface area contributed by atoms with E-state index in [1.165, 1.54) is 18.9 Å². The number of nitrogens with zero attached hydrogens (tertiary/aromatic N) is 3. The van der Waals surface area contributed by atoms with E-state index < -0.39 is 6.03 Å². The lowest BCUT2D eigenvalue weighted by molar-refractivity contribution is -0.137. The van der Waals surface area contributed by atoms with Crippen LogP contribution in [-0.2, 0) is 9.53 Å². The van der Waals surface area contributed by atoms with Gasteiger partial charge in [0.1, 0.15) is 0 Å². The van der Waals surface area contributed by atoms with Gasteiger partial charge in [0.25, 0.3) is 0 Å². The number of rotatable bonds is 5. The highest BCUT2D eigenvalue weighted by Gasteiger charge is 2.10. The number of thioether (sulfide) groups is 1. The minimum absolute atomic E-state index is 0.123. The lowest BCUT2D eigenvalue weighted by Gasteiger charge is -2.04. The third kappa shape index (κ3) is 5.24. The van der Waals surface area contributed by atoms with Gasteiger partial charge in [0.2, 0.25) is 5.13 Å². The van der Waals surface area contributed by atoms with Crippen LogP contribution < -0.4 is 10.6 Å². The van der Waals surface area contributed by atoms with E-state index in [4.69, 9.17) is 5.26 Å². The molecule has 0 aliphatic heterocycles. The van der Waals surface area contributed by atoms with Crippen molar-refractivity contribution in [2.45, 2.75) is 4.34 Å². The molecule has 1 aromatic carbocycles. The zero-order valence-corrected chi connectivity index (χ0v) is 13.5. The summed E-state index contributed by atoms with van der Waals surface area (Å²) in [4.78, 5) is 22.9. The zero-order chi connectivity index (χ0) is 16.7. The van der Waals surface area contributed by atoms with Gasteiger partial charge in [0.05, 0.1) is 24.5 Å². The summed E-state index contributed by atoms with van der Waals surface area (Å²) >= 11 is 2.31. The fourth-order valence-corrected chi connectivity index (χ4v) is 3.00. The molecule has 0 atom stereocenters. The van der Waals surface area contributed by atoms with E-state index in [-0.39, 0.29) is 11.7 Å². The molecular weight excluding hydrogens is 338 g/mol. The Bertz CT molecular complexity index is 756. The molecule has 23 heavy (non-hydrogen) atoms. The van der Waals surface area contributed by atoms with Crippen LogP contribution in [0.5, 0.6) is 0 Å².